The number of benzene rings is 1. The van der Waals surface area contributed by atoms with Crippen LogP contribution in [0.4, 0.5) is 0 Å². The maximum absolute atomic E-state index is 11.9. The van der Waals surface area contributed by atoms with E-state index in [1.807, 2.05) is 24.3 Å². The van der Waals surface area contributed by atoms with Gasteiger partial charge in [0.2, 0.25) is 0 Å². The fourth-order valence-electron chi connectivity index (χ4n) is 1.34. The van der Waals surface area contributed by atoms with Crippen LogP contribution in [0.3, 0.4) is 0 Å². The van der Waals surface area contributed by atoms with Crippen LogP contribution in [0.5, 0.6) is 0 Å². The van der Waals surface area contributed by atoms with Crippen molar-refractivity contribution >= 4 is 44.7 Å². The molecule has 0 aliphatic carbocycles. The molecule has 1 aromatic carbocycles. The van der Waals surface area contributed by atoms with Gasteiger partial charge in [0.15, 0.2) is 5.78 Å². The van der Waals surface area contributed by atoms with E-state index in [-0.39, 0.29) is 5.78 Å². The minimum Gasteiger partial charge on any atom is -0.293 e. The van der Waals surface area contributed by atoms with Gasteiger partial charge in [0.1, 0.15) is 0 Å². The van der Waals surface area contributed by atoms with E-state index in [0.717, 1.165) is 14.2 Å². The molecule has 0 aliphatic heterocycles. The molecule has 0 spiro atoms. The molecule has 0 amide bonds. The number of carbonyl (C=O) groups excluding carboxylic acids is 1. The molecule has 0 radical (unpaired) electrons. The van der Waals surface area contributed by atoms with Gasteiger partial charge in [-0.05, 0) is 45.8 Å². The molecule has 0 saturated carbocycles. The number of thiophene rings is 1. The number of carbonyl (C=O) groups is 1. The highest BCUT2D eigenvalue weighted by molar-refractivity contribution is 9.11. The predicted octanol–water partition coefficient (Wildman–Crippen LogP) is 4.59. The topological polar surface area (TPSA) is 17.1 Å². The van der Waals surface area contributed by atoms with Crippen LogP contribution < -0.4 is 0 Å². The minimum atomic E-state index is 0.137. The van der Waals surface area contributed by atoms with Gasteiger partial charge in [0.25, 0.3) is 0 Å². The smallest absolute Gasteiger partial charge is 0.177 e. The van der Waals surface area contributed by atoms with Crippen molar-refractivity contribution in [2.75, 3.05) is 0 Å². The van der Waals surface area contributed by atoms with E-state index < -0.39 is 0 Å². The van der Waals surface area contributed by atoms with Gasteiger partial charge in [0, 0.05) is 11.4 Å². The van der Waals surface area contributed by atoms with Gasteiger partial charge >= 0.3 is 0 Å². The Hall–Kier alpha value is -0.640. The zero-order valence-electron chi connectivity index (χ0n) is 8.24. The van der Waals surface area contributed by atoms with Gasteiger partial charge < -0.3 is 0 Å². The van der Waals surface area contributed by atoms with E-state index >= 15 is 0 Å². The number of Topliss-reactive ketones (excluding diaryl/α,β-unsaturated/α-hetero) is 1. The van der Waals surface area contributed by atoms with E-state index in [2.05, 4.69) is 15.9 Å². The Bertz CT molecular complexity index is 504. The summed E-state index contributed by atoms with van der Waals surface area (Å²) >= 11 is 10.6. The van der Waals surface area contributed by atoms with Crippen molar-refractivity contribution in [1.82, 2.24) is 0 Å². The molecule has 2 aromatic rings. The van der Waals surface area contributed by atoms with Crippen molar-refractivity contribution in [2.45, 2.75) is 6.42 Å². The monoisotopic (exact) mass is 314 g/mol. The van der Waals surface area contributed by atoms with Gasteiger partial charge in [-0.25, -0.2) is 0 Å². The highest BCUT2D eigenvalue weighted by atomic mass is 79.9. The fourth-order valence-corrected chi connectivity index (χ4v) is 2.79. The first-order chi connectivity index (χ1) is 7.65. The lowest BCUT2D eigenvalue weighted by Crippen LogP contribution is -2.00. The van der Waals surface area contributed by atoms with Crippen LogP contribution in [-0.2, 0) is 6.42 Å². The van der Waals surface area contributed by atoms with E-state index in [4.69, 9.17) is 11.6 Å². The lowest BCUT2D eigenvalue weighted by Gasteiger charge is -1.99. The fraction of sp³-hybridized carbons (Fsp3) is 0.0833. The molecule has 0 fully saturated rings. The summed E-state index contributed by atoms with van der Waals surface area (Å²) in [5, 5.41) is 0.690. The lowest BCUT2D eigenvalue weighted by atomic mass is 10.1. The molecule has 16 heavy (non-hydrogen) atoms. The summed E-state index contributed by atoms with van der Waals surface area (Å²) in [6, 6.07) is 11.1. The number of hydrogen-bond acceptors (Lipinski definition) is 2. The molecular weight excluding hydrogens is 308 g/mol. The zero-order valence-corrected chi connectivity index (χ0v) is 11.4. The van der Waals surface area contributed by atoms with E-state index in [1.165, 1.54) is 11.3 Å². The van der Waals surface area contributed by atoms with Gasteiger partial charge in [0.05, 0.1) is 8.66 Å². The quantitative estimate of drug-likeness (QED) is 0.757. The summed E-state index contributed by atoms with van der Waals surface area (Å²) in [6.45, 7) is 0. The molecule has 1 aromatic heterocycles. The van der Waals surface area contributed by atoms with Crippen molar-refractivity contribution < 1.29 is 4.79 Å². The molecule has 0 unspecified atom stereocenters. The van der Waals surface area contributed by atoms with Crippen LogP contribution in [0.15, 0.2) is 40.2 Å². The number of rotatable bonds is 3. The molecule has 1 heterocycles. The molecule has 0 atom stereocenters. The first-order valence-corrected chi connectivity index (χ1v) is 6.67. The summed E-state index contributed by atoms with van der Waals surface area (Å²) in [7, 11) is 0. The SMILES string of the molecule is O=C(Cc1ccc(Cl)cc1)c1ccc(Br)s1. The van der Waals surface area contributed by atoms with Crippen molar-refractivity contribution in [3.8, 4) is 0 Å². The van der Waals surface area contributed by atoms with E-state index in [0.29, 0.717) is 11.4 Å². The van der Waals surface area contributed by atoms with Crippen LogP contribution in [0.1, 0.15) is 15.2 Å². The van der Waals surface area contributed by atoms with Crippen LogP contribution in [0.25, 0.3) is 0 Å². The maximum Gasteiger partial charge on any atom is 0.177 e. The third-order valence-corrected chi connectivity index (χ3v) is 4.04. The Kier molecular flexibility index (Phi) is 3.79. The second-order valence-electron chi connectivity index (χ2n) is 3.33. The van der Waals surface area contributed by atoms with Gasteiger partial charge in [-0.15, -0.1) is 11.3 Å². The molecule has 2 rings (SSSR count). The summed E-state index contributed by atoms with van der Waals surface area (Å²) in [4.78, 5) is 12.6. The van der Waals surface area contributed by atoms with Gasteiger partial charge in [-0.1, -0.05) is 23.7 Å². The second-order valence-corrected chi connectivity index (χ2v) is 6.23. The Morgan fingerprint density at radius 3 is 2.44 bits per heavy atom. The number of hydrogen-bond donors (Lipinski definition) is 0. The second kappa shape index (κ2) is 5.13. The summed E-state index contributed by atoms with van der Waals surface area (Å²) in [6.07, 6.45) is 0.421. The Balaban J connectivity index is 2.10. The summed E-state index contributed by atoms with van der Waals surface area (Å²) in [5.74, 6) is 0.137. The standard InChI is InChI=1S/C12H8BrClOS/c13-12-6-5-11(16-12)10(15)7-8-1-3-9(14)4-2-8/h1-6H,7H2. The highest BCUT2D eigenvalue weighted by Gasteiger charge is 2.09. The van der Waals surface area contributed by atoms with Crippen LogP contribution in [0.2, 0.25) is 5.02 Å². The highest BCUT2D eigenvalue weighted by Crippen LogP contribution is 2.23. The Labute approximate surface area is 111 Å². The van der Waals surface area contributed by atoms with Gasteiger partial charge in [-0.2, -0.15) is 0 Å². The van der Waals surface area contributed by atoms with Crippen molar-refractivity contribution in [3.63, 3.8) is 0 Å². The van der Waals surface area contributed by atoms with Crippen LogP contribution in [0, 0.1) is 0 Å². The third-order valence-electron chi connectivity index (χ3n) is 2.13. The summed E-state index contributed by atoms with van der Waals surface area (Å²) < 4.78 is 0.979. The zero-order chi connectivity index (χ0) is 11.5. The molecule has 0 saturated heterocycles. The first kappa shape index (κ1) is 11.8. The largest absolute Gasteiger partial charge is 0.293 e. The predicted molar refractivity (Wildman–Crippen MR) is 71.5 cm³/mol. The number of halogens is 2. The third kappa shape index (κ3) is 2.94. The molecule has 4 heteroatoms. The molecular formula is C12H8BrClOS. The number of ketones is 1. The Morgan fingerprint density at radius 1 is 1.19 bits per heavy atom. The van der Waals surface area contributed by atoms with Crippen LogP contribution >= 0.6 is 38.9 Å². The first-order valence-electron chi connectivity index (χ1n) is 4.68. The molecule has 0 aliphatic rings. The lowest BCUT2D eigenvalue weighted by molar-refractivity contribution is 0.0997. The van der Waals surface area contributed by atoms with Crippen LogP contribution in [-0.4, -0.2) is 5.78 Å². The van der Waals surface area contributed by atoms with Crippen molar-refractivity contribution in [2.24, 2.45) is 0 Å². The Morgan fingerprint density at radius 2 is 1.88 bits per heavy atom. The molecule has 82 valence electrons. The molecule has 0 N–H and O–H groups in total. The van der Waals surface area contributed by atoms with E-state index in [1.54, 1.807) is 12.1 Å². The van der Waals surface area contributed by atoms with Crippen molar-refractivity contribution in [3.05, 3.63) is 55.6 Å². The van der Waals surface area contributed by atoms with Crippen molar-refractivity contribution in [1.29, 1.82) is 0 Å². The minimum absolute atomic E-state index is 0.137. The normalized spacial score (nSPS) is 10.4. The van der Waals surface area contributed by atoms with Gasteiger partial charge in [-0.3, -0.25) is 4.79 Å². The molecule has 0 bridgehead atoms. The maximum atomic E-state index is 11.9. The average molecular weight is 316 g/mol. The average Bonchev–Trinajstić information content (AvgIpc) is 2.68. The molecule has 1 nitrogen and oxygen atoms in total. The van der Waals surface area contributed by atoms with E-state index in [9.17, 15) is 4.79 Å². The summed E-state index contributed by atoms with van der Waals surface area (Å²) in [5.41, 5.74) is 0.985.